The maximum Gasteiger partial charge on any atom is 0.217 e. The number of carbonyl (C=O) groups excluding carboxylic acids is 4. The fourth-order valence-electron chi connectivity index (χ4n) is 12.4. The zero-order valence-electron chi connectivity index (χ0n) is 56.3. The minimum absolute atomic E-state index is 0.558. The first-order valence-electron chi connectivity index (χ1n) is 32.7. The Balaban J connectivity index is 1.36. The lowest BCUT2D eigenvalue weighted by atomic mass is 9.92. The minimum atomic E-state index is -2.26. The number of ether oxygens (including phenoxy) is 15. The number of aliphatic hydroxyl groups excluding tert-OH is 21. The monoisotopic (exact) mass is 1490 g/mol. The molecule has 6 aliphatic rings. The zero-order valence-corrected chi connectivity index (χ0v) is 56.3. The van der Waals surface area contributed by atoms with E-state index in [1.165, 1.54) is 6.92 Å². The number of hydrogen-bond acceptors (Lipinski definition) is 40. The molecule has 0 bridgehead atoms. The van der Waals surface area contributed by atoms with E-state index >= 15 is 0 Å². The van der Waals surface area contributed by atoms with Crippen molar-refractivity contribution in [1.29, 1.82) is 0 Å². The van der Waals surface area contributed by atoms with Crippen LogP contribution in [-0.2, 0) is 90.2 Å². The van der Waals surface area contributed by atoms with Gasteiger partial charge >= 0.3 is 0 Å². The summed E-state index contributed by atoms with van der Waals surface area (Å²) in [6.07, 6.45) is -63.6. The van der Waals surface area contributed by atoms with E-state index in [9.17, 15) is 126 Å². The van der Waals surface area contributed by atoms with Crippen LogP contribution >= 0.6 is 0 Å². The van der Waals surface area contributed by atoms with E-state index in [4.69, 9.17) is 71.1 Å². The van der Waals surface area contributed by atoms with E-state index in [0.717, 1.165) is 34.8 Å². The second-order valence-electron chi connectivity index (χ2n) is 25.2. The third-order valence-corrected chi connectivity index (χ3v) is 17.8. The maximum absolute atomic E-state index is 12.8. The van der Waals surface area contributed by atoms with Crippen LogP contribution in [0.3, 0.4) is 0 Å². The molecule has 44 nitrogen and oxygen atoms in total. The van der Waals surface area contributed by atoms with Crippen LogP contribution in [-0.4, -0.2) is 431 Å². The summed E-state index contributed by atoms with van der Waals surface area (Å²) in [5, 5.41) is 239. The van der Waals surface area contributed by atoms with E-state index in [0.29, 0.717) is 0 Å². The molecule has 0 aliphatic carbocycles. The molecule has 0 aromatic heterocycles. The van der Waals surface area contributed by atoms with Gasteiger partial charge in [0.15, 0.2) is 44.0 Å². The van der Waals surface area contributed by atoms with Crippen LogP contribution < -0.4 is 21.3 Å². The summed E-state index contributed by atoms with van der Waals surface area (Å²) >= 11 is 0. The lowest BCUT2D eigenvalue weighted by molar-refractivity contribution is -0.375. The summed E-state index contributed by atoms with van der Waals surface area (Å²) in [7, 11) is 0.949. The van der Waals surface area contributed by atoms with E-state index in [1.54, 1.807) is 0 Å². The molecular formula is C58H102N4O40. The van der Waals surface area contributed by atoms with Crippen LogP contribution in [0.15, 0.2) is 0 Å². The van der Waals surface area contributed by atoms with Crippen LogP contribution in [0.1, 0.15) is 41.0 Å². The molecule has 6 fully saturated rings. The molecule has 0 aromatic carbocycles. The van der Waals surface area contributed by atoms with Gasteiger partial charge in [0.25, 0.3) is 0 Å². The van der Waals surface area contributed by atoms with Gasteiger partial charge in [-0.25, -0.2) is 0 Å². The number of rotatable bonds is 36. The summed E-state index contributed by atoms with van der Waals surface area (Å²) in [5.74, 6) is -3.16. The van der Waals surface area contributed by atoms with Crippen LogP contribution in [0, 0.1) is 0 Å². The van der Waals surface area contributed by atoms with Crippen LogP contribution in [0.4, 0.5) is 0 Å². The zero-order chi connectivity index (χ0) is 75.9. The van der Waals surface area contributed by atoms with Crippen molar-refractivity contribution in [3.8, 4) is 0 Å². The normalized spacial score (nSPS) is 41.1. The first kappa shape index (κ1) is 87.4. The van der Waals surface area contributed by atoms with E-state index < -0.39 is 323 Å². The predicted octanol–water partition coefficient (Wildman–Crippen LogP) is -15.9. The molecule has 44 heteroatoms. The average molecular weight is 1500 g/mol. The molecule has 6 rings (SSSR count). The summed E-state index contributed by atoms with van der Waals surface area (Å²) < 4.78 is 88.4. The van der Waals surface area contributed by atoms with Crippen molar-refractivity contribution < 1.29 is 197 Å². The van der Waals surface area contributed by atoms with Gasteiger partial charge in [-0.2, -0.15) is 0 Å². The summed E-state index contributed by atoms with van der Waals surface area (Å²) in [6, 6.07) is -6.47. The van der Waals surface area contributed by atoms with Crippen molar-refractivity contribution in [2.45, 2.75) is 268 Å². The summed E-state index contributed by atoms with van der Waals surface area (Å²) in [4.78, 5) is 50.1. The lowest BCUT2D eigenvalue weighted by Crippen LogP contribution is -2.69. The minimum Gasteiger partial charge on any atom is -0.396 e. The number of methoxy groups -OCH3 is 1. The Morgan fingerprint density at radius 3 is 1.32 bits per heavy atom. The smallest absolute Gasteiger partial charge is 0.217 e. The number of aliphatic hydroxyl groups is 21. The highest BCUT2D eigenvalue weighted by Gasteiger charge is 2.57. The third-order valence-electron chi connectivity index (χ3n) is 17.8. The van der Waals surface area contributed by atoms with Crippen molar-refractivity contribution in [1.82, 2.24) is 21.3 Å². The van der Waals surface area contributed by atoms with Crippen LogP contribution in [0.5, 0.6) is 0 Å². The van der Waals surface area contributed by atoms with E-state index in [1.807, 2.05) is 0 Å². The summed E-state index contributed by atoms with van der Waals surface area (Å²) in [6.45, 7) is -4.61. The molecule has 6 saturated heterocycles. The Kier molecular flexibility index (Phi) is 34.8. The molecule has 0 radical (unpaired) electrons. The Hall–Kier alpha value is -3.56. The van der Waals surface area contributed by atoms with Gasteiger partial charge < -0.3 is 200 Å². The number of hydrogen-bond donors (Lipinski definition) is 25. The Morgan fingerprint density at radius 2 is 0.833 bits per heavy atom. The highest BCUT2D eigenvalue weighted by Crippen LogP contribution is 2.36. The molecule has 0 saturated carbocycles. The molecule has 6 heterocycles. The third kappa shape index (κ3) is 21.6. The van der Waals surface area contributed by atoms with Gasteiger partial charge in [0.05, 0.1) is 77.7 Å². The number of amides is 4. The fraction of sp³-hybridized carbons (Fsp3) is 0.931. The molecule has 6 aliphatic heterocycles. The van der Waals surface area contributed by atoms with Crippen LogP contribution in [0.2, 0.25) is 0 Å². The van der Waals surface area contributed by atoms with Gasteiger partial charge in [0.1, 0.15) is 165 Å². The molecule has 21 unspecified atom stereocenters. The van der Waals surface area contributed by atoms with Crippen molar-refractivity contribution in [2.75, 3.05) is 73.2 Å². The van der Waals surface area contributed by atoms with E-state index in [2.05, 4.69) is 21.3 Å². The van der Waals surface area contributed by atoms with Gasteiger partial charge in [0.2, 0.25) is 23.6 Å². The second kappa shape index (κ2) is 40.6. The molecule has 37 atom stereocenters. The van der Waals surface area contributed by atoms with Crippen molar-refractivity contribution in [3.05, 3.63) is 0 Å². The quantitative estimate of drug-likeness (QED) is 0.0259. The molecule has 4 amide bonds. The first-order chi connectivity index (χ1) is 48.3. The Bertz CT molecular complexity index is 2530. The van der Waals surface area contributed by atoms with Gasteiger partial charge in [-0.1, -0.05) is 0 Å². The van der Waals surface area contributed by atoms with Crippen molar-refractivity contribution in [3.63, 3.8) is 0 Å². The molecule has 102 heavy (non-hydrogen) atoms. The van der Waals surface area contributed by atoms with Gasteiger partial charge in [0, 0.05) is 41.4 Å². The van der Waals surface area contributed by atoms with Gasteiger partial charge in [-0.3, -0.25) is 19.2 Å². The molecule has 594 valence electrons. The largest absolute Gasteiger partial charge is 0.396 e. The van der Waals surface area contributed by atoms with Gasteiger partial charge in [-0.15, -0.1) is 0 Å². The molecular weight excluding hydrogens is 1390 g/mol. The van der Waals surface area contributed by atoms with Crippen LogP contribution in [0.25, 0.3) is 0 Å². The number of nitrogens with one attached hydrogen (secondary N) is 4. The Morgan fingerprint density at radius 1 is 0.422 bits per heavy atom. The fourth-order valence-corrected chi connectivity index (χ4v) is 12.4. The highest BCUT2D eigenvalue weighted by molar-refractivity contribution is 5.74. The topological polar surface area (TPSA) is 680 Å². The van der Waals surface area contributed by atoms with E-state index in [-0.39, 0.29) is 0 Å². The van der Waals surface area contributed by atoms with Gasteiger partial charge in [-0.05, 0) is 13.3 Å². The Labute approximate surface area is 582 Å². The molecule has 0 aromatic rings. The number of carbonyl (C=O) groups is 4. The summed E-state index contributed by atoms with van der Waals surface area (Å²) in [5.41, 5.74) is 0. The molecule has 0 spiro atoms. The lowest BCUT2D eigenvalue weighted by Gasteiger charge is -2.49. The second-order valence-corrected chi connectivity index (χ2v) is 25.2. The maximum atomic E-state index is 12.8. The predicted molar refractivity (Wildman–Crippen MR) is 323 cm³/mol. The van der Waals surface area contributed by atoms with Crippen molar-refractivity contribution >= 4 is 23.6 Å². The highest BCUT2D eigenvalue weighted by atomic mass is 16.8. The standard InChI is InChI=1S/C58H102N4O40/c1-18-33(59-19(2)71)42(82)49(28(12-67)91-18)99-54-35(61-21(4)73)43(83)48(29(13-68)96-54)98-32(15-70)92-31(24(76)16-89-57(88-6)51(37(77)23(75)7-8-63)101-53-34(60-20(3)72)41(81)38(78)25(9-64)93-53)17-90-58-52(46(86)40(80)27(11-66)95-58)102-55-36(62-22(5)74)44(84)50(30(14-69)97-55)100-56-47(87)45(85)39(79)26(10-65)94-56/h18,23-58,63-70,75-87H,7-17H2,1-6H3,(H,59,71)(H,60,72)(H,61,73)(H,62,74)/t18-,23+,24-,25?,26?,27?,28?,29?,30?,31?,32-,33?,34?,35?,36?,37?,38+,39-,40+,41?,42?,43?,44?,45?,46?,47?,48+,49+,50+,51?,52?,53-,54-,55-,56-,57+,58-/m0/s1. The average Bonchev–Trinajstić information content (AvgIpc) is 0.787. The van der Waals surface area contributed by atoms with Crippen molar-refractivity contribution in [2.24, 2.45) is 0 Å². The SMILES string of the molecule is CO[C@H](OC[C@H](O)C(CO[C@H]1OC(CO)[C@@H](O)C(O)C1O[C@@H]1OC(CO)[C@@H](O[C@@H]2OC(CO)[C@H](O)C(O)C2O)C(O)C1NC(C)=O)O[C@H](CO)O[C@@H]1C(CO)O[C@@H](O[C@@H]2C(CO)O[C@@H](C)C(NC(C)=O)C2O)C(NC(C)=O)C1O)C(O[C@@H]1OC(CO)[C@@H](O)C(O)C1NC(C)=O)C(O)[C@H](O)CCO. The first-order valence-corrected chi connectivity index (χ1v) is 32.7. The molecule has 25 N–H and O–H groups in total.